The Labute approximate surface area is 186 Å². The van der Waals surface area contributed by atoms with Gasteiger partial charge in [0.2, 0.25) is 0 Å². The number of halogens is 2. The summed E-state index contributed by atoms with van der Waals surface area (Å²) >= 11 is 6.01. The summed E-state index contributed by atoms with van der Waals surface area (Å²) in [6, 6.07) is 6.81. The third kappa shape index (κ3) is 5.42. The predicted octanol–water partition coefficient (Wildman–Crippen LogP) is 5.68. The average molecular weight is 445 g/mol. The normalized spacial score (nSPS) is 12.8. The van der Waals surface area contributed by atoms with Crippen molar-refractivity contribution in [2.45, 2.75) is 26.7 Å². The maximum atomic E-state index is 15.3. The largest absolute Gasteiger partial charge is 0.352 e. The van der Waals surface area contributed by atoms with Gasteiger partial charge in [0.05, 0.1) is 29.7 Å². The molecule has 1 heterocycles. The van der Waals surface area contributed by atoms with Crippen molar-refractivity contribution in [3.63, 3.8) is 0 Å². The smallest absolute Gasteiger partial charge is 0.277 e. The minimum absolute atomic E-state index is 0.0455. The van der Waals surface area contributed by atoms with Crippen LogP contribution in [0.3, 0.4) is 0 Å². The van der Waals surface area contributed by atoms with Crippen LogP contribution in [0.4, 0.5) is 15.8 Å². The first-order valence-electron chi connectivity index (χ1n) is 10.0. The predicted molar refractivity (Wildman–Crippen MR) is 122 cm³/mol. The molecule has 3 aromatic rings. The Hall–Kier alpha value is -2.90. The van der Waals surface area contributed by atoms with Crippen LogP contribution in [-0.4, -0.2) is 22.1 Å². The molecule has 0 saturated heterocycles. The number of rotatable bonds is 6. The van der Waals surface area contributed by atoms with E-state index in [2.05, 4.69) is 22.4 Å². The van der Waals surface area contributed by atoms with Crippen molar-refractivity contribution in [3.05, 3.63) is 65.2 Å². The van der Waals surface area contributed by atoms with Crippen LogP contribution >= 0.6 is 11.6 Å². The lowest BCUT2D eigenvalue weighted by Crippen LogP contribution is -2.26. The maximum Gasteiger partial charge on any atom is 0.277 e. The molecule has 2 aromatic carbocycles. The number of hydrogen-bond donors (Lipinski definition) is 2. The SMILES string of the molecule is C=CC.Cc1cc(Cl)ccc1Nc1c(C(=O)NOCC2CC2)cc2c(ncn2C)c1F. The molecule has 4 rings (SSSR count). The van der Waals surface area contributed by atoms with Crippen LogP contribution in [0.1, 0.15) is 35.7 Å². The number of nitrogens with zero attached hydrogens (tertiary/aromatic N) is 2. The number of fused-ring (bicyclic) bond motifs is 1. The van der Waals surface area contributed by atoms with Gasteiger partial charge in [-0.2, -0.15) is 0 Å². The number of benzene rings is 2. The van der Waals surface area contributed by atoms with Gasteiger partial charge in [0.25, 0.3) is 5.91 Å². The summed E-state index contributed by atoms with van der Waals surface area (Å²) in [6.07, 6.45) is 5.47. The zero-order chi connectivity index (χ0) is 22.5. The maximum absolute atomic E-state index is 15.3. The average Bonchev–Trinajstić information content (AvgIpc) is 3.47. The quantitative estimate of drug-likeness (QED) is 0.379. The van der Waals surface area contributed by atoms with E-state index in [9.17, 15) is 4.79 Å². The van der Waals surface area contributed by atoms with Gasteiger partial charge in [0.1, 0.15) is 5.52 Å². The first-order valence-corrected chi connectivity index (χ1v) is 10.4. The van der Waals surface area contributed by atoms with Gasteiger partial charge in [0.15, 0.2) is 5.82 Å². The van der Waals surface area contributed by atoms with Gasteiger partial charge in [-0.1, -0.05) is 17.7 Å². The standard InChI is InChI=1S/C20H20ClFN4O2.C3H6/c1-11-7-13(21)5-6-15(11)24-18-14(20(27)25-28-9-12-3-4-12)8-16-19(17(18)22)23-10-26(16)2;1-3-2/h5-8,10,12,24H,3-4,9H2,1-2H3,(H,25,27);3H,1H2,2H3. The Morgan fingerprint density at radius 3 is 2.77 bits per heavy atom. The lowest BCUT2D eigenvalue weighted by molar-refractivity contribution is 0.0271. The summed E-state index contributed by atoms with van der Waals surface area (Å²) in [4.78, 5) is 22.1. The number of carbonyl (C=O) groups is 1. The molecule has 0 spiro atoms. The van der Waals surface area contributed by atoms with Gasteiger partial charge in [-0.25, -0.2) is 14.9 Å². The second-order valence-corrected chi connectivity index (χ2v) is 7.95. The molecule has 0 radical (unpaired) electrons. The van der Waals surface area contributed by atoms with E-state index in [4.69, 9.17) is 16.4 Å². The molecule has 1 aliphatic carbocycles. The molecule has 31 heavy (non-hydrogen) atoms. The monoisotopic (exact) mass is 444 g/mol. The molecule has 0 atom stereocenters. The van der Waals surface area contributed by atoms with Crippen molar-refractivity contribution in [3.8, 4) is 0 Å². The molecule has 6 nitrogen and oxygen atoms in total. The van der Waals surface area contributed by atoms with E-state index in [0.29, 0.717) is 28.8 Å². The molecule has 0 bridgehead atoms. The highest BCUT2D eigenvalue weighted by atomic mass is 35.5. The number of amides is 1. The van der Waals surface area contributed by atoms with Crippen LogP contribution in [0.5, 0.6) is 0 Å². The van der Waals surface area contributed by atoms with Crippen molar-refractivity contribution in [2.75, 3.05) is 11.9 Å². The highest BCUT2D eigenvalue weighted by Crippen LogP contribution is 2.32. The molecule has 0 aliphatic heterocycles. The summed E-state index contributed by atoms with van der Waals surface area (Å²) in [7, 11) is 1.75. The van der Waals surface area contributed by atoms with E-state index in [-0.39, 0.29) is 16.8 Å². The number of nitrogens with one attached hydrogen (secondary N) is 2. The lowest BCUT2D eigenvalue weighted by Gasteiger charge is -2.16. The molecule has 8 heteroatoms. The minimum atomic E-state index is -0.597. The number of allylic oxidation sites excluding steroid dienone is 1. The molecule has 0 unspecified atom stereocenters. The Kier molecular flexibility index (Phi) is 7.30. The van der Waals surface area contributed by atoms with Crippen LogP contribution < -0.4 is 10.8 Å². The summed E-state index contributed by atoms with van der Waals surface area (Å²) in [5.74, 6) is -0.623. The molecule has 2 N–H and O–H groups in total. The van der Waals surface area contributed by atoms with Gasteiger partial charge in [-0.05, 0) is 62.4 Å². The molecule has 1 aromatic heterocycles. The number of hydroxylamine groups is 1. The third-order valence-corrected chi connectivity index (χ3v) is 5.07. The summed E-state index contributed by atoms with van der Waals surface area (Å²) in [5, 5.41) is 3.61. The lowest BCUT2D eigenvalue weighted by atomic mass is 10.1. The fourth-order valence-corrected chi connectivity index (χ4v) is 3.22. The van der Waals surface area contributed by atoms with Gasteiger partial charge >= 0.3 is 0 Å². The highest BCUT2D eigenvalue weighted by molar-refractivity contribution is 6.30. The number of aryl methyl sites for hydroxylation is 2. The third-order valence-electron chi connectivity index (χ3n) is 4.83. The van der Waals surface area contributed by atoms with Gasteiger partial charge < -0.3 is 9.88 Å². The Balaban J connectivity index is 0.000000858. The van der Waals surface area contributed by atoms with Crippen molar-refractivity contribution >= 4 is 39.9 Å². The van der Waals surface area contributed by atoms with E-state index in [1.807, 2.05) is 13.8 Å². The summed E-state index contributed by atoms with van der Waals surface area (Å²) < 4.78 is 16.9. The first-order chi connectivity index (χ1) is 14.8. The second-order valence-electron chi connectivity index (χ2n) is 7.51. The van der Waals surface area contributed by atoms with E-state index in [1.165, 1.54) is 6.33 Å². The molecular formula is C23H26ClFN4O2. The Morgan fingerprint density at radius 1 is 1.42 bits per heavy atom. The Morgan fingerprint density at radius 2 is 2.13 bits per heavy atom. The van der Waals surface area contributed by atoms with E-state index in [1.54, 1.807) is 42.0 Å². The van der Waals surface area contributed by atoms with Gasteiger partial charge in [0, 0.05) is 17.8 Å². The van der Waals surface area contributed by atoms with Crippen molar-refractivity contribution in [1.82, 2.24) is 15.0 Å². The fraction of sp³-hybridized carbons (Fsp3) is 0.304. The molecule has 1 aliphatic rings. The van der Waals surface area contributed by atoms with Crippen LogP contribution in [-0.2, 0) is 11.9 Å². The van der Waals surface area contributed by atoms with Crippen LogP contribution in [0.2, 0.25) is 5.02 Å². The molecule has 1 fully saturated rings. The zero-order valence-corrected chi connectivity index (χ0v) is 18.6. The van der Waals surface area contributed by atoms with Crippen molar-refractivity contribution in [2.24, 2.45) is 13.0 Å². The van der Waals surface area contributed by atoms with Crippen LogP contribution in [0, 0.1) is 18.7 Å². The number of anilines is 2. The van der Waals surface area contributed by atoms with Crippen LogP contribution in [0.15, 0.2) is 43.2 Å². The topological polar surface area (TPSA) is 68.2 Å². The minimum Gasteiger partial charge on any atom is -0.352 e. The highest BCUT2D eigenvalue weighted by Gasteiger charge is 2.24. The molecule has 164 valence electrons. The number of carbonyl (C=O) groups excluding carboxylic acids is 1. The number of imidazole rings is 1. The molecule has 1 amide bonds. The molecule has 1 saturated carbocycles. The summed E-state index contributed by atoms with van der Waals surface area (Å²) in [5.41, 5.74) is 4.78. The zero-order valence-electron chi connectivity index (χ0n) is 17.8. The number of aromatic nitrogens is 2. The van der Waals surface area contributed by atoms with E-state index in [0.717, 1.165) is 18.4 Å². The number of hydrogen-bond acceptors (Lipinski definition) is 4. The fourth-order valence-electron chi connectivity index (χ4n) is 2.99. The van der Waals surface area contributed by atoms with Crippen molar-refractivity contribution < 1.29 is 14.0 Å². The second kappa shape index (κ2) is 9.94. The van der Waals surface area contributed by atoms with Crippen molar-refractivity contribution in [1.29, 1.82) is 0 Å². The van der Waals surface area contributed by atoms with Gasteiger partial charge in [-0.3, -0.25) is 9.63 Å². The van der Waals surface area contributed by atoms with Crippen LogP contribution in [0.25, 0.3) is 11.0 Å². The van der Waals surface area contributed by atoms with E-state index < -0.39 is 11.7 Å². The first kappa shape index (κ1) is 22.8. The molecular weight excluding hydrogens is 419 g/mol. The van der Waals surface area contributed by atoms with E-state index >= 15 is 4.39 Å². The summed E-state index contributed by atoms with van der Waals surface area (Å²) in [6.45, 7) is 7.56. The van der Waals surface area contributed by atoms with Gasteiger partial charge in [-0.15, -0.1) is 6.58 Å². The Bertz CT molecular complexity index is 1110.